The van der Waals surface area contributed by atoms with Crippen molar-refractivity contribution in [2.75, 3.05) is 7.11 Å². The van der Waals surface area contributed by atoms with E-state index in [1.165, 1.54) is 7.11 Å². The molecular weight excluding hydrogens is 192 g/mol. The molecule has 1 aromatic rings. The second kappa shape index (κ2) is 4.82. The van der Waals surface area contributed by atoms with E-state index in [1.54, 1.807) is 18.2 Å². The summed E-state index contributed by atoms with van der Waals surface area (Å²) in [6, 6.07) is 5.05. The van der Waals surface area contributed by atoms with Gasteiger partial charge in [-0.25, -0.2) is 0 Å². The topological polar surface area (TPSA) is 46.5 Å². The van der Waals surface area contributed by atoms with Crippen molar-refractivity contribution in [3.63, 3.8) is 0 Å². The largest absolute Gasteiger partial charge is 0.504 e. The van der Waals surface area contributed by atoms with Crippen LogP contribution in [-0.2, 0) is 4.79 Å². The first-order chi connectivity index (χ1) is 7.10. The Balaban J connectivity index is 3.05. The van der Waals surface area contributed by atoms with Crippen LogP contribution in [0.2, 0.25) is 0 Å². The summed E-state index contributed by atoms with van der Waals surface area (Å²) < 4.78 is 4.94. The van der Waals surface area contributed by atoms with Gasteiger partial charge < -0.3 is 14.6 Å². The molecule has 0 spiro atoms. The average molecular weight is 208 g/mol. The minimum atomic E-state index is -0.179. The van der Waals surface area contributed by atoms with Gasteiger partial charge in [-0.05, 0) is 23.6 Å². The molecule has 0 radical (unpaired) electrons. The number of phenolic OH excluding ortho intramolecular Hbond substituents is 1. The fourth-order valence-corrected chi connectivity index (χ4v) is 1.53. The first kappa shape index (κ1) is 11.6. The average Bonchev–Trinajstić information content (AvgIpc) is 2.18. The highest BCUT2D eigenvalue weighted by molar-refractivity contribution is 5.63. The van der Waals surface area contributed by atoms with Crippen LogP contribution in [0.25, 0.3) is 0 Å². The standard InChI is InChI=1S/C12H16O3/c1-8(2)10(7-13)9-4-5-12(15-3)11(14)6-9/h4-8,10,14H,1-3H3. The second-order valence-corrected chi connectivity index (χ2v) is 3.84. The van der Waals surface area contributed by atoms with E-state index < -0.39 is 0 Å². The number of aldehydes is 1. The van der Waals surface area contributed by atoms with Crippen LogP contribution >= 0.6 is 0 Å². The maximum absolute atomic E-state index is 10.9. The highest BCUT2D eigenvalue weighted by Gasteiger charge is 2.16. The number of hydrogen-bond acceptors (Lipinski definition) is 3. The van der Waals surface area contributed by atoms with Gasteiger partial charge in [0.2, 0.25) is 0 Å². The van der Waals surface area contributed by atoms with Gasteiger partial charge in [-0.2, -0.15) is 0 Å². The van der Waals surface area contributed by atoms with Crippen LogP contribution in [-0.4, -0.2) is 18.5 Å². The summed E-state index contributed by atoms with van der Waals surface area (Å²) in [6.45, 7) is 3.95. The van der Waals surface area contributed by atoms with Gasteiger partial charge in [0.05, 0.1) is 7.11 Å². The number of carbonyl (C=O) groups is 1. The molecule has 0 saturated heterocycles. The predicted molar refractivity (Wildman–Crippen MR) is 58.3 cm³/mol. The molecule has 3 nitrogen and oxygen atoms in total. The molecule has 1 N–H and O–H groups in total. The van der Waals surface area contributed by atoms with Crippen LogP contribution in [0.4, 0.5) is 0 Å². The minimum absolute atomic E-state index is 0.0718. The Bertz CT molecular complexity index is 345. The molecule has 15 heavy (non-hydrogen) atoms. The molecule has 0 bridgehead atoms. The Hall–Kier alpha value is -1.51. The summed E-state index contributed by atoms with van der Waals surface area (Å²) in [7, 11) is 1.49. The lowest BCUT2D eigenvalue weighted by atomic mass is 9.90. The third kappa shape index (κ3) is 2.49. The Labute approximate surface area is 89.7 Å². The molecule has 1 unspecified atom stereocenters. The molecule has 1 atom stereocenters. The maximum Gasteiger partial charge on any atom is 0.160 e. The lowest BCUT2D eigenvalue weighted by molar-refractivity contribution is -0.109. The van der Waals surface area contributed by atoms with Crippen LogP contribution in [0, 0.1) is 5.92 Å². The third-order valence-corrected chi connectivity index (χ3v) is 2.45. The number of rotatable bonds is 4. The third-order valence-electron chi connectivity index (χ3n) is 2.45. The molecule has 0 heterocycles. The van der Waals surface area contributed by atoms with E-state index in [-0.39, 0.29) is 17.6 Å². The first-order valence-corrected chi connectivity index (χ1v) is 4.92. The second-order valence-electron chi connectivity index (χ2n) is 3.84. The normalized spacial score (nSPS) is 12.5. The van der Waals surface area contributed by atoms with Crippen molar-refractivity contribution >= 4 is 6.29 Å². The molecule has 0 fully saturated rings. The van der Waals surface area contributed by atoms with Crippen molar-refractivity contribution in [3.05, 3.63) is 23.8 Å². The smallest absolute Gasteiger partial charge is 0.160 e. The zero-order valence-electron chi connectivity index (χ0n) is 9.23. The summed E-state index contributed by atoms with van der Waals surface area (Å²) in [5.41, 5.74) is 0.818. The van der Waals surface area contributed by atoms with E-state index in [0.717, 1.165) is 11.8 Å². The van der Waals surface area contributed by atoms with Crippen molar-refractivity contribution in [3.8, 4) is 11.5 Å². The monoisotopic (exact) mass is 208 g/mol. The maximum atomic E-state index is 10.9. The van der Waals surface area contributed by atoms with E-state index in [1.807, 2.05) is 13.8 Å². The Kier molecular flexibility index (Phi) is 3.72. The van der Waals surface area contributed by atoms with Gasteiger partial charge in [-0.3, -0.25) is 0 Å². The highest BCUT2D eigenvalue weighted by Crippen LogP contribution is 2.31. The zero-order chi connectivity index (χ0) is 11.4. The molecule has 0 aliphatic carbocycles. The summed E-state index contributed by atoms with van der Waals surface area (Å²) in [6.07, 6.45) is 0.909. The van der Waals surface area contributed by atoms with Gasteiger partial charge in [0, 0.05) is 5.92 Å². The SMILES string of the molecule is COc1ccc(C(C=O)C(C)C)cc1O. The zero-order valence-corrected chi connectivity index (χ0v) is 9.23. The fraction of sp³-hybridized carbons (Fsp3) is 0.417. The van der Waals surface area contributed by atoms with Crippen LogP contribution in [0.15, 0.2) is 18.2 Å². The number of phenols is 1. The molecule has 3 heteroatoms. The fourth-order valence-electron chi connectivity index (χ4n) is 1.53. The highest BCUT2D eigenvalue weighted by atomic mass is 16.5. The van der Waals surface area contributed by atoms with E-state index in [0.29, 0.717) is 5.75 Å². The van der Waals surface area contributed by atoms with E-state index >= 15 is 0 Å². The Morgan fingerprint density at radius 2 is 2.07 bits per heavy atom. The molecular formula is C12H16O3. The van der Waals surface area contributed by atoms with Crippen LogP contribution in [0.5, 0.6) is 11.5 Å². The van der Waals surface area contributed by atoms with Gasteiger partial charge in [0.25, 0.3) is 0 Å². The minimum Gasteiger partial charge on any atom is -0.504 e. The van der Waals surface area contributed by atoms with Gasteiger partial charge in [-0.15, -0.1) is 0 Å². The molecule has 0 aromatic heterocycles. The van der Waals surface area contributed by atoms with Crippen LogP contribution in [0.3, 0.4) is 0 Å². The number of carbonyl (C=O) groups excluding carboxylic acids is 1. The quantitative estimate of drug-likeness (QED) is 0.772. The first-order valence-electron chi connectivity index (χ1n) is 4.92. The molecule has 0 saturated carbocycles. The van der Waals surface area contributed by atoms with E-state index in [9.17, 15) is 9.90 Å². The number of aromatic hydroxyl groups is 1. The van der Waals surface area contributed by atoms with Gasteiger partial charge >= 0.3 is 0 Å². The lowest BCUT2D eigenvalue weighted by Crippen LogP contribution is -2.07. The van der Waals surface area contributed by atoms with Crippen LogP contribution < -0.4 is 4.74 Å². The summed E-state index contributed by atoms with van der Waals surface area (Å²) in [5, 5.41) is 9.58. The Morgan fingerprint density at radius 1 is 1.40 bits per heavy atom. The number of methoxy groups -OCH3 is 1. The van der Waals surface area contributed by atoms with Gasteiger partial charge in [-0.1, -0.05) is 19.9 Å². The number of benzene rings is 1. The lowest BCUT2D eigenvalue weighted by Gasteiger charge is -2.15. The molecule has 0 amide bonds. The van der Waals surface area contributed by atoms with Gasteiger partial charge in [0.15, 0.2) is 11.5 Å². The van der Waals surface area contributed by atoms with Crippen molar-refractivity contribution < 1.29 is 14.6 Å². The molecule has 0 aliphatic heterocycles. The van der Waals surface area contributed by atoms with Gasteiger partial charge in [0.1, 0.15) is 6.29 Å². The summed E-state index contributed by atoms with van der Waals surface area (Å²) >= 11 is 0. The van der Waals surface area contributed by atoms with Crippen molar-refractivity contribution in [2.45, 2.75) is 19.8 Å². The van der Waals surface area contributed by atoms with Crippen LogP contribution in [0.1, 0.15) is 25.3 Å². The number of ether oxygens (including phenoxy) is 1. The van der Waals surface area contributed by atoms with Crippen molar-refractivity contribution in [1.82, 2.24) is 0 Å². The van der Waals surface area contributed by atoms with Crippen molar-refractivity contribution in [1.29, 1.82) is 0 Å². The van der Waals surface area contributed by atoms with Crippen molar-refractivity contribution in [2.24, 2.45) is 5.92 Å². The van der Waals surface area contributed by atoms with E-state index in [4.69, 9.17) is 4.74 Å². The predicted octanol–water partition coefficient (Wildman–Crippen LogP) is 2.34. The molecule has 1 rings (SSSR count). The summed E-state index contributed by atoms with van der Waals surface area (Å²) in [4.78, 5) is 10.9. The molecule has 82 valence electrons. The molecule has 1 aromatic carbocycles. The van der Waals surface area contributed by atoms with E-state index in [2.05, 4.69) is 0 Å². The Morgan fingerprint density at radius 3 is 2.47 bits per heavy atom. The molecule has 0 aliphatic rings. The number of hydrogen-bond donors (Lipinski definition) is 1. The summed E-state index contributed by atoms with van der Waals surface area (Å²) in [5.74, 6) is 0.534.